The van der Waals surface area contributed by atoms with Gasteiger partial charge in [0.2, 0.25) is 23.6 Å². The van der Waals surface area contributed by atoms with Crippen LogP contribution < -0.4 is 0 Å². The summed E-state index contributed by atoms with van der Waals surface area (Å²) in [6.07, 6.45) is 10.1. The lowest BCUT2D eigenvalue weighted by molar-refractivity contribution is -0.146. The van der Waals surface area contributed by atoms with Crippen molar-refractivity contribution in [2.24, 2.45) is 47.3 Å². The van der Waals surface area contributed by atoms with Gasteiger partial charge in [-0.15, -0.1) is 0 Å². The van der Waals surface area contributed by atoms with Crippen molar-refractivity contribution in [2.75, 3.05) is 13.1 Å². The maximum Gasteiger partial charge on any atom is 0.233 e. The smallest absolute Gasteiger partial charge is 0.233 e. The van der Waals surface area contributed by atoms with Gasteiger partial charge in [0.15, 0.2) is 0 Å². The van der Waals surface area contributed by atoms with Crippen LogP contribution in [0.2, 0.25) is 0 Å². The third kappa shape index (κ3) is 1.59. The van der Waals surface area contributed by atoms with Gasteiger partial charge in [-0.05, 0) is 36.5 Å². The van der Waals surface area contributed by atoms with Crippen LogP contribution in [0.4, 0.5) is 0 Å². The number of hydrogen-bond donors (Lipinski definition) is 0. The lowest BCUT2D eigenvalue weighted by Gasteiger charge is -2.22. The number of carbonyl (C=O) groups is 4. The number of rotatable bonds is 3. The van der Waals surface area contributed by atoms with Crippen LogP contribution in [0.15, 0.2) is 24.3 Å². The largest absolute Gasteiger partial charge is 0.280 e. The summed E-state index contributed by atoms with van der Waals surface area (Å²) in [5.41, 5.74) is 0. The maximum atomic E-state index is 12.7. The summed E-state index contributed by atoms with van der Waals surface area (Å²) in [6.45, 7) is 0.285. The summed E-state index contributed by atoms with van der Waals surface area (Å²) in [4.78, 5) is 53.6. The number of likely N-dealkylation sites (tertiary alicyclic amines) is 2. The normalized spacial score (nSPS) is 47.1. The summed E-state index contributed by atoms with van der Waals surface area (Å²) in [5.74, 6) is -0.602. The first-order valence-corrected chi connectivity index (χ1v) is 9.63. The van der Waals surface area contributed by atoms with E-state index in [-0.39, 0.29) is 84.1 Å². The van der Waals surface area contributed by atoms with E-state index in [2.05, 4.69) is 24.3 Å². The Labute approximate surface area is 150 Å². The zero-order valence-corrected chi connectivity index (χ0v) is 14.3. The monoisotopic (exact) mass is 352 g/mol. The Morgan fingerprint density at radius 2 is 0.846 bits per heavy atom. The molecule has 6 rings (SSSR count). The highest BCUT2D eigenvalue weighted by atomic mass is 16.2. The second kappa shape index (κ2) is 4.72. The van der Waals surface area contributed by atoms with Gasteiger partial charge in [-0.25, -0.2) is 0 Å². The van der Waals surface area contributed by atoms with Gasteiger partial charge >= 0.3 is 0 Å². The van der Waals surface area contributed by atoms with Gasteiger partial charge in [0.1, 0.15) is 0 Å². The number of fused-ring (bicyclic) bond motifs is 10. The molecule has 0 aromatic heterocycles. The third-order valence-electron chi connectivity index (χ3n) is 7.67. The van der Waals surface area contributed by atoms with Crippen molar-refractivity contribution in [1.29, 1.82) is 0 Å². The summed E-state index contributed by atoms with van der Waals surface area (Å²) < 4.78 is 0. The van der Waals surface area contributed by atoms with Gasteiger partial charge in [0.25, 0.3) is 0 Å². The van der Waals surface area contributed by atoms with Crippen molar-refractivity contribution in [3.8, 4) is 0 Å². The van der Waals surface area contributed by atoms with Crippen molar-refractivity contribution in [2.45, 2.75) is 12.8 Å². The number of amides is 4. The van der Waals surface area contributed by atoms with E-state index in [1.165, 1.54) is 9.80 Å². The molecule has 0 radical (unpaired) electrons. The quantitative estimate of drug-likeness (QED) is 0.551. The molecule has 4 bridgehead atoms. The first-order chi connectivity index (χ1) is 12.6. The Hall–Kier alpha value is -2.24. The highest BCUT2D eigenvalue weighted by Crippen LogP contribution is 2.53. The van der Waals surface area contributed by atoms with E-state index in [0.29, 0.717) is 0 Å². The zero-order chi connectivity index (χ0) is 17.7. The number of hydrogen-bond acceptors (Lipinski definition) is 4. The maximum absolute atomic E-state index is 12.7. The van der Waals surface area contributed by atoms with E-state index in [1.54, 1.807) is 0 Å². The Bertz CT molecular complexity index is 702. The lowest BCUT2D eigenvalue weighted by Crippen LogP contribution is -2.42. The van der Waals surface area contributed by atoms with Gasteiger partial charge in [-0.1, -0.05) is 24.3 Å². The Morgan fingerprint density at radius 3 is 1.12 bits per heavy atom. The number of carbonyl (C=O) groups excluding carboxylic acids is 4. The second-order valence-electron chi connectivity index (χ2n) is 8.66. The van der Waals surface area contributed by atoms with E-state index in [9.17, 15) is 19.2 Å². The minimum absolute atomic E-state index is 0.113. The predicted molar refractivity (Wildman–Crippen MR) is 88.9 cm³/mol. The van der Waals surface area contributed by atoms with Crippen LogP contribution >= 0.6 is 0 Å². The highest BCUT2D eigenvalue weighted by Gasteiger charge is 2.61. The average molecular weight is 352 g/mol. The molecule has 26 heavy (non-hydrogen) atoms. The van der Waals surface area contributed by atoms with Crippen LogP contribution in [0.1, 0.15) is 12.8 Å². The van der Waals surface area contributed by atoms with E-state index in [1.807, 2.05) is 0 Å². The predicted octanol–water partition coefficient (Wildman–Crippen LogP) is 0.601. The minimum Gasteiger partial charge on any atom is -0.280 e. The number of imide groups is 2. The molecule has 0 spiro atoms. The Balaban J connectivity index is 1.19. The van der Waals surface area contributed by atoms with Gasteiger partial charge in [-0.2, -0.15) is 0 Å². The highest BCUT2D eigenvalue weighted by molar-refractivity contribution is 6.08. The fraction of sp³-hybridized carbons (Fsp3) is 0.600. The van der Waals surface area contributed by atoms with E-state index >= 15 is 0 Å². The molecule has 0 aromatic carbocycles. The van der Waals surface area contributed by atoms with Crippen LogP contribution in [-0.2, 0) is 19.2 Å². The van der Waals surface area contributed by atoms with Crippen molar-refractivity contribution in [1.82, 2.24) is 9.80 Å². The van der Waals surface area contributed by atoms with Crippen molar-refractivity contribution >= 4 is 23.6 Å². The number of allylic oxidation sites excluding steroid dienone is 4. The molecule has 2 heterocycles. The molecule has 6 aliphatic rings. The molecule has 4 amide bonds. The minimum atomic E-state index is -0.220. The molecule has 6 nitrogen and oxygen atoms in total. The first kappa shape index (κ1) is 14.9. The van der Waals surface area contributed by atoms with Crippen molar-refractivity contribution in [3.05, 3.63) is 24.3 Å². The van der Waals surface area contributed by atoms with Crippen molar-refractivity contribution in [3.63, 3.8) is 0 Å². The van der Waals surface area contributed by atoms with Gasteiger partial charge in [0.05, 0.1) is 23.7 Å². The standard InChI is InChI=1S/C20H20N2O4/c23-17-13-9-1-2-10(7-9)14(13)18(24)21(17)5-6-22-19(25)15-11-3-4-12(8-11)16(15)20(22)26/h1-4,9-16H,5-8H2/t9-,10-,11-,12+,13-,14+,15+,16+/m0/s1. The molecule has 2 saturated heterocycles. The fourth-order valence-corrected chi connectivity index (χ4v) is 6.57. The molecular formula is C20H20N2O4. The molecule has 6 heteroatoms. The second-order valence-corrected chi connectivity index (χ2v) is 8.66. The molecule has 134 valence electrons. The van der Waals surface area contributed by atoms with Crippen LogP contribution in [0.3, 0.4) is 0 Å². The van der Waals surface area contributed by atoms with Crippen LogP contribution in [-0.4, -0.2) is 46.5 Å². The van der Waals surface area contributed by atoms with Crippen molar-refractivity contribution < 1.29 is 19.2 Å². The van der Waals surface area contributed by atoms with Crippen LogP contribution in [0.5, 0.6) is 0 Å². The van der Waals surface area contributed by atoms with E-state index < -0.39 is 0 Å². The van der Waals surface area contributed by atoms with Gasteiger partial charge in [0, 0.05) is 13.1 Å². The van der Waals surface area contributed by atoms with E-state index in [4.69, 9.17) is 0 Å². The summed E-state index contributed by atoms with van der Waals surface area (Å²) in [5, 5.41) is 0. The molecular weight excluding hydrogens is 332 g/mol. The summed E-state index contributed by atoms with van der Waals surface area (Å²) in [7, 11) is 0. The van der Waals surface area contributed by atoms with Gasteiger partial charge in [-0.3, -0.25) is 29.0 Å². The van der Waals surface area contributed by atoms with Crippen LogP contribution in [0, 0.1) is 47.3 Å². The summed E-state index contributed by atoms with van der Waals surface area (Å²) in [6, 6.07) is 0. The number of nitrogens with zero attached hydrogens (tertiary/aromatic N) is 2. The molecule has 8 atom stereocenters. The Kier molecular flexibility index (Phi) is 2.70. The average Bonchev–Trinajstić information content (AvgIpc) is 3.43. The SMILES string of the molecule is O=C1[C@@H]2[C@H](C(=O)N1CCN1C(=O)[C@H]3[C@H](C1=O)[C@H]1C=C[C@@H]3C1)[C@H]1C=C[C@H]2C1. The topological polar surface area (TPSA) is 74.8 Å². The molecule has 0 aromatic rings. The fourth-order valence-electron chi connectivity index (χ4n) is 6.57. The molecule has 0 N–H and O–H groups in total. The molecule has 4 fully saturated rings. The molecule has 0 unspecified atom stereocenters. The molecule has 2 aliphatic heterocycles. The van der Waals surface area contributed by atoms with E-state index in [0.717, 1.165) is 12.8 Å². The summed E-state index contributed by atoms with van der Waals surface area (Å²) >= 11 is 0. The third-order valence-corrected chi connectivity index (χ3v) is 7.67. The van der Waals surface area contributed by atoms with Crippen LogP contribution in [0.25, 0.3) is 0 Å². The lowest BCUT2D eigenvalue weighted by atomic mass is 9.85. The first-order valence-electron chi connectivity index (χ1n) is 9.63. The molecule has 2 saturated carbocycles. The van der Waals surface area contributed by atoms with Gasteiger partial charge < -0.3 is 0 Å². The Morgan fingerprint density at radius 1 is 0.577 bits per heavy atom. The zero-order valence-electron chi connectivity index (χ0n) is 14.3. The molecule has 4 aliphatic carbocycles.